The van der Waals surface area contributed by atoms with Crippen molar-refractivity contribution in [3.8, 4) is 0 Å². The maximum Gasteiger partial charge on any atom is 0.289 e. The monoisotopic (exact) mass is 384 g/mol. The van der Waals surface area contributed by atoms with Gasteiger partial charge in [-0.15, -0.1) is 0 Å². The smallest absolute Gasteiger partial charge is 0.289 e. The van der Waals surface area contributed by atoms with E-state index in [1.54, 1.807) is 17.0 Å². The normalized spacial score (nSPS) is 37.7. The fourth-order valence-electron chi connectivity index (χ4n) is 7.12. The first kappa shape index (κ1) is 18.3. The van der Waals surface area contributed by atoms with Gasteiger partial charge in [0.25, 0.3) is 5.91 Å². The molecule has 152 valence electrons. The van der Waals surface area contributed by atoms with Crippen molar-refractivity contribution in [2.45, 2.75) is 64.3 Å². The molecule has 5 fully saturated rings. The summed E-state index contributed by atoms with van der Waals surface area (Å²) >= 11 is 0. The van der Waals surface area contributed by atoms with E-state index in [0.717, 1.165) is 30.6 Å². The van der Waals surface area contributed by atoms with Crippen molar-refractivity contribution in [3.63, 3.8) is 0 Å². The van der Waals surface area contributed by atoms with Crippen LogP contribution in [0, 0.1) is 29.1 Å². The highest BCUT2D eigenvalue weighted by atomic mass is 16.3. The number of carbonyl (C=O) groups excluding carboxylic acids is 2. The SMILES string of the molecule is CC(NC(=O)C1CCCN(C(=O)c2ccco2)C1)C12CC3CC(CC(C3)C1)C2. The quantitative estimate of drug-likeness (QED) is 0.858. The number of piperidine rings is 1. The van der Waals surface area contributed by atoms with E-state index in [0.29, 0.717) is 24.3 Å². The molecule has 4 bridgehead atoms. The molecular formula is C23H32N2O3. The molecule has 0 aromatic carbocycles. The summed E-state index contributed by atoms with van der Waals surface area (Å²) in [6, 6.07) is 3.67. The summed E-state index contributed by atoms with van der Waals surface area (Å²) in [7, 11) is 0. The van der Waals surface area contributed by atoms with Crippen molar-refractivity contribution in [3.05, 3.63) is 24.2 Å². The van der Waals surface area contributed by atoms with Gasteiger partial charge in [0, 0.05) is 19.1 Å². The molecule has 0 radical (unpaired) electrons. The summed E-state index contributed by atoms with van der Waals surface area (Å²) in [6.07, 6.45) is 11.4. The molecule has 5 aliphatic rings. The molecule has 1 aromatic rings. The molecule has 2 amide bonds. The molecule has 28 heavy (non-hydrogen) atoms. The van der Waals surface area contributed by atoms with E-state index in [-0.39, 0.29) is 23.8 Å². The molecule has 2 atom stereocenters. The van der Waals surface area contributed by atoms with Crippen LogP contribution in [0.4, 0.5) is 0 Å². The van der Waals surface area contributed by atoms with Crippen LogP contribution in [-0.2, 0) is 4.79 Å². The summed E-state index contributed by atoms with van der Waals surface area (Å²) in [5.41, 5.74) is 0.322. The Bertz CT molecular complexity index is 706. The van der Waals surface area contributed by atoms with Gasteiger partial charge in [-0.05, 0) is 93.6 Å². The molecule has 6 rings (SSSR count). The lowest BCUT2D eigenvalue weighted by Crippen LogP contribution is -2.57. The van der Waals surface area contributed by atoms with Gasteiger partial charge in [0.2, 0.25) is 5.91 Å². The van der Waals surface area contributed by atoms with E-state index in [4.69, 9.17) is 4.42 Å². The van der Waals surface area contributed by atoms with Gasteiger partial charge in [-0.3, -0.25) is 9.59 Å². The third kappa shape index (κ3) is 3.17. The molecular weight excluding hydrogens is 352 g/mol. The number of carbonyl (C=O) groups is 2. The van der Waals surface area contributed by atoms with Crippen LogP contribution in [0.3, 0.4) is 0 Å². The zero-order valence-corrected chi connectivity index (χ0v) is 16.9. The Morgan fingerprint density at radius 1 is 1.18 bits per heavy atom. The topological polar surface area (TPSA) is 62.6 Å². The zero-order chi connectivity index (χ0) is 19.3. The predicted octanol–water partition coefficient (Wildman–Crippen LogP) is 3.85. The van der Waals surface area contributed by atoms with Crippen LogP contribution in [0.2, 0.25) is 0 Å². The van der Waals surface area contributed by atoms with E-state index >= 15 is 0 Å². The largest absolute Gasteiger partial charge is 0.459 e. The highest BCUT2D eigenvalue weighted by Gasteiger charge is 2.53. The summed E-state index contributed by atoms with van der Waals surface area (Å²) in [4.78, 5) is 27.4. The second kappa shape index (κ2) is 6.93. The fraction of sp³-hybridized carbons (Fsp3) is 0.739. The van der Waals surface area contributed by atoms with Gasteiger partial charge in [0.1, 0.15) is 0 Å². The predicted molar refractivity (Wildman–Crippen MR) is 106 cm³/mol. The van der Waals surface area contributed by atoms with E-state index < -0.39 is 0 Å². The lowest BCUT2D eigenvalue weighted by atomic mass is 9.48. The standard InChI is InChI=1S/C23H32N2O3/c1-15(23-11-16-8-17(12-23)10-18(9-16)13-23)24-21(26)19-4-2-6-25(14-19)22(27)20-5-3-7-28-20/h3,5,7,15-19H,2,4,6,8-14H2,1H3,(H,24,26). The van der Waals surface area contributed by atoms with Crippen LogP contribution in [0.25, 0.3) is 0 Å². The average molecular weight is 385 g/mol. The Labute approximate surface area is 167 Å². The number of nitrogens with zero attached hydrogens (tertiary/aromatic N) is 1. The van der Waals surface area contributed by atoms with E-state index in [1.807, 2.05) is 0 Å². The fourth-order valence-corrected chi connectivity index (χ4v) is 7.12. The van der Waals surface area contributed by atoms with Gasteiger partial charge in [-0.25, -0.2) is 0 Å². The Hall–Kier alpha value is -1.78. The molecule has 2 heterocycles. The van der Waals surface area contributed by atoms with Crippen LogP contribution < -0.4 is 5.32 Å². The van der Waals surface area contributed by atoms with Crippen molar-refractivity contribution in [2.24, 2.45) is 29.1 Å². The summed E-state index contributed by atoms with van der Waals surface area (Å²) in [5, 5.41) is 3.40. The Balaban J connectivity index is 1.22. The lowest BCUT2D eigenvalue weighted by molar-refractivity contribution is -0.131. The van der Waals surface area contributed by atoms with Crippen LogP contribution in [0.5, 0.6) is 0 Å². The second-order valence-corrected chi connectivity index (χ2v) is 10.1. The zero-order valence-electron chi connectivity index (χ0n) is 16.9. The molecule has 1 aliphatic heterocycles. The minimum absolute atomic E-state index is 0.100. The second-order valence-electron chi connectivity index (χ2n) is 10.1. The van der Waals surface area contributed by atoms with Gasteiger partial charge in [0.05, 0.1) is 12.2 Å². The van der Waals surface area contributed by atoms with Gasteiger partial charge >= 0.3 is 0 Å². The first-order valence-corrected chi connectivity index (χ1v) is 11.2. The molecule has 5 nitrogen and oxygen atoms in total. The summed E-state index contributed by atoms with van der Waals surface area (Å²) in [5.74, 6) is 2.97. The minimum atomic E-state index is -0.107. The van der Waals surface area contributed by atoms with Crippen LogP contribution in [-0.4, -0.2) is 35.8 Å². The Kier molecular flexibility index (Phi) is 4.52. The highest BCUT2D eigenvalue weighted by molar-refractivity contribution is 5.92. The maximum absolute atomic E-state index is 13.1. The summed E-state index contributed by atoms with van der Waals surface area (Å²) < 4.78 is 5.25. The maximum atomic E-state index is 13.1. The molecule has 1 N–H and O–H groups in total. The first-order chi connectivity index (χ1) is 13.5. The number of likely N-dealkylation sites (tertiary alicyclic amines) is 1. The van der Waals surface area contributed by atoms with Crippen molar-refractivity contribution in [1.82, 2.24) is 10.2 Å². The summed E-state index contributed by atoms with van der Waals surface area (Å²) in [6.45, 7) is 3.44. The Morgan fingerprint density at radius 2 is 1.86 bits per heavy atom. The number of amides is 2. The molecule has 0 spiro atoms. The van der Waals surface area contributed by atoms with Gasteiger partial charge in [-0.2, -0.15) is 0 Å². The third-order valence-corrected chi connectivity index (χ3v) is 8.17. The molecule has 2 unspecified atom stereocenters. The van der Waals surface area contributed by atoms with Crippen molar-refractivity contribution < 1.29 is 14.0 Å². The Morgan fingerprint density at radius 3 is 2.46 bits per heavy atom. The molecule has 1 aromatic heterocycles. The number of hydrogen-bond acceptors (Lipinski definition) is 3. The van der Waals surface area contributed by atoms with E-state index in [2.05, 4.69) is 12.2 Å². The van der Waals surface area contributed by atoms with Crippen molar-refractivity contribution in [1.29, 1.82) is 0 Å². The molecule has 4 aliphatic carbocycles. The number of nitrogens with one attached hydrogen (secondary N) is 1. The molecule has 5 heteroatoms. The van der Waals surface area contributed by atoms with Crippen LogP contribution in [0.15, 0.2) is 22.8 Å². The third-order valence-electron chi connectivity index (χ3n) is 8.17. The first-order valence-electron chi connectivity index (χ1n) is 11.2. The van der Waals surface area contributed by atoms with Gasteiger partial charge < -0.3 is 14.6 Å². The van der Waals surface area contributed by atoms with Crippen LogP contribution in [0.1, 0.15) is 68.8 Å². The van der Waals surface area contributed by atoms with Crippen LogP contribution >= 0.6 is 0 Å². The van der Waals surface area contributed by atoms with E-state index in [1.165, 1.54) is 44.8 Å². The van der Waals surface area contributed by atoms with Crippen molar-refractivity contribution in [2.75, 3.05) is 13.1 Å². The lowest BCUT2D eigenvalue weighted by Gasteiger charge is -2.59. The number of furan rings is 1. The van der Waals surface area contributed by atoms with Crippen molar-refractivity contribution >= 4 is 11.8 Å². The number of rotatable bonds is 4. The number of hydrogen-bond donors (Lipinski definition) is 1. The van der Waals surface area contributed by atoms with Gasteiger partial charge in [0.15, 0.2) is 5.76 Å². The molecule has 1 saturated heterocycles. The highest BCUT2D eigenvalue weighted by Crippen LogP contribution is 2.61. The average Bonchev–Trinajstić information content (AvgIpc) is 3.21. The minimum Gasteiger partial charge on any atom is -0.459 e. The van der Waals surface area contributed by atoms with Gasteiger partial charge in [-0.1, -0.05) is 0 Å². The van der Waals surface area contributed by atoms with E-state index in [9.17, 15) is 9.59 Å². The molecule has 4 saturated carbocycles.